The van der Waals surface area contributed by atoms with Crippen LogP contribution in [-0.4, -0.2) is 35.7 Å². The Morgan fingerprint density at radius 1 is 1.47 bits per heavy atom. The highest BCUT2D eigenvalue weighted by molar-refractivity contribution is 5.75. The Kier molecular flexibility index (Phi) is 3.46. The predicted octanol–water partition coefficient (Wildman–Crippen LogP) is 2.13. The van der Waals surface area contributed by atoms with Crippen LogP contribution in [0.3, 0.4) is 0 Å². The second-order valence-corrected chi connectivity index (χ2v) is 4.08. The molecule has 1 aliphatic rings. The summed E-state index contributed by atoms with van der Waals surface area (Å²) in [5.74, 6) is 0. The Morgan fingerprint density at radius 2 is 2.00 bits per heavy atom. The van der Waals surface area contributed by atoms with Crippen molar-refractivity contribution in [2.45, 2.75) is 44.9 Å². The van der Waals surface area contributed by atoms with Crippen molar-refractivity contribution in [1.82, 2.24) is 10.2 Å². The Balaban J connectivity index is 2.53. The van der Waals surface area contributed by atoms with Crippen LogP contribution in [0, 0.1) is 0 Å². The van der Waals surface area contributed by atoms with E-state index in [1.807, 2.05) is 0 Å². The first-order valence-corrected chi connectivity index (χ1v) is 4.93. The lowest BCUT2D eigenvalue weighted by molar-refractivity contribution is -0.141. The maximum absolute atomic E-state index is 12.2. The number of rotatable bonds is 3. The van der Waals surface area contributed by atoms with Gasteiger partial charge in [0, 0.05) is 12.1 Å². The molecule has 2 amide bonds. The van der Waals surface area contributed by atoms with Gasteiger partial charge in [0.1, 0.15) is 6.54 Å². The Hall–Kier alpha value is -0.940. The Labute approximate surface area is 86.6 Å². The fourth-order valence-electron chi connectivity index (χ4n) is 1.28. The van der Waals surface area contributed by atoms with E-state index in [0.29, 0.717) is 12.8 Å². The van der Waals surface area contributed by atoms with E-state index in [1.165, 1.54) is 0 Å². The molecule has 0 aromatic rings. The number of halogens is 3. The number of alkyl halides is 3. The van der Waals surface area contributed by atoms with Gasteiger partial charge in [-0.05, 0) is 26.7 Å². The maximum Gasteiger partial charge on any atom is 0.406 e. The van der Waals surface area contributed by atoms with E-state index in [9.17, 15) is 18.0 Å². The topological polar surface area (TPSA) is 32.3 Å². The van der Waals surface area contributed by atoms with E-state index in [4.69, 9.17) is 0 Å². The Bertz CT molecular complexity index is 236. The van der Waals surface area contributed by atoms with Crippen molar-refractivity contribution >= 4 is 6.03 Å². The van der Waals surface area contributed by atoms with E-state index in [2.05, 4.69) is 5.32 Å². The summed E-state index contributed by atoms with van der Waals surface area (Å²) in [5, 5.41) is 2.47. The molecular formula is C9H15F3N2O. The fourth-order valence-corrected chi connectivity index (χ4v) is 1.28. The van der Waals surface area contributed by atoms with Crippen molar-refractivity contribution in [1.29, 1.82) is 0 Å². The van der Waals surface area contributed by atoms with Gasteiger partial charge in [-0.3, -0.25) is 0 Å². The van der Waals surface area contributed by atoms with Gasteiger partial charge in [0.25, 0.3) is 0 Å². The SMILES string of the molecule is CC(C)NC(=O)N(CC(F)(F)F)C1CC1. The molecule has 1 aliphatic carbocycles. The third kappa shape index (κ3) is 4.40. The van der Waals surface area contributed by atoms with Crippen LogP contribution >= 0.6 is 0 Å². The molecule has 0 unspecified atom stereocenters. The number of urea groups is 1. The van der Waals surface area contributed by atoms with Gasteiger partial charge in [-0.15, -0.1) is 0 Å². The van der Waals surface area contributed by atoms with Gasteiger partial charge >= 0.3 is 12.2 Å². The van der Waals surface area contributed by atoms with Crippen molar-refractivity contribution in [3.63, 3.8) is 0 Å². The quantitative estimate of drug-likeness (QED) is 0.782. The third-order valence-electron chi connectivity index (χ3n) is 2.01. The summed E-state index contributed by atoms with van der Waals surface area (Å²) in [5.41, 5.74) is 0. The highest BCUT2D eigenvalue weighted by Gasteiger charge is 2.40. The molecule has 0 atom stereocenters. The van der Waals surface area contributed by atoms with Gasteiger partial charge in [-0.25, -0.2) is 4.79 Å². The van der Waals surface area contributed by atoms with Gasteiger partial charge < -0.3 is 10.2 Å². The third-order valence-corrected chi connectivity index (χ3v) is 2.01. The molecule has 1 rings (SSSR count). The molecule has 0 bridgehead atoms. The number of carbonyl (C=O) groups is 1. The molecular weight excluding hydrogens is 209 g/mol. The summed E-state index contributed by atoms with van der Waals surface area (Å²) in [6.07, 6.45) is -2.99. The molecule has 6 heteroatoms. The Morgan fingerprint density at radius 3 is 2.33 bits per heavy atom. The van der Waals surface area contributed by atoms with Crippen molar-refractivity contribution in [2.24, 2.45) is 0 Å². The van der Waals surface area contributed by atoms with Crippen LogP contribution in [0.15, 0.2) is 0 Å². The first-order valence-electron chi connectivity index (χ1n) is 4.93. The van der Waals surface area contributed by atoms with E-state index < -0.39 is 18.8 Å². The second kappa shape index (κ2) is 4.28. The molecule has 88 valence electrons. The average Bonchev–Trinajstić information content (AvgIpc) is 2.78. The summed E-state index contributed by atoms with van der Waals surface area (Å²) in [4.78, 5) is 12.3. The lowest BCUT2D eigenvalue weighted by Gasteiger charge is -2.25. The molecule has 1 fully saturated rings. The number of nitrogens with zero attached hydrogens (tertiary/aromatic N) is 1. The van der Waals surface area contributed by atoms with Crippen LogP contribution in [0.25, 0.3) is 0 Å². The minimum atomic E-state index is -4.32. The van der Waals surface area contributed by atoms with Crippen LogP contribution < -0.4 is 5.32 Å². The maximum atomic E-state index is 12.2. The number of hydrogen-bond donors (Lipinski definition) is 1. The zero-order chi connectivity index (χ0) is 11.6. The smallest absolute Gasteiger partial charge is 0.336 e. The molecule has 1 N–H and O–H groups in total. The molecule has 0 aromatic heterocycles. The number of nitrogens with one attached hydrogen (secondary N) is 1. The minimum absolute atomic E-state index is 0.146. The normalized spacial score (nSPS) is 16.7. The van der Waals surface area contributed by atoms with E-state index in [1.54, 1.807) is 13.8 Å². The fraction of sp³-hybridized carbons (Fsp3) is 0.889. The highest BCUT2D eigenvalue weighted by atomic mass is 19.4. The summed E-state index contributed by atoms with van der Waals surface area (Å²) >= 11 is 0. The van der Waals surface area contributed by atoms with Crippen LogP contribution in [0.1, 0.15) is 26.7 Å². The number of carbonyl (C=O) groups excluding carboxylic acids is 1. The standard InChI is InChI=1S/C9H15F3N2O/c1-6(2)13-8(15)14(7-3-4-7)5-9(10,11)12/h6-7H,3-5H2,1-2H3,(H,13,15). The molecule has 0 heterocycles. The van der Waals surface area contributed by atoms with Crippen molar-refractivity contribution in [3.05, 3.63) is 0 Å². The molecule has 1 saturated carbocycles. The van der Waals surface area contributed by atoms with E-state index >= 15 is 0 Å². The van der Waals surface area contributed by atoms with Gasteiger partial charge in [-0.1, -0.05) is 0 Å². The summed E-state index contributed by atoms with van der Waals surface area (Å²) in [6, 6.07) is -0.998. The molecule has 0 saturated heterocycles. The number of amides is 2. The zero-order valence-electron chi connectivity index (χ0n) is 8.77. The van der Waals surface area contributed by atoms with Gasteiger partial charge in [-0.2, -0.15) is 13.2 Å². The largest absolute Gasteiger partial charge is 0.406 e. The molecule has 0 radical (unpaired) electrons. The number of hydrogen-bond acceptors (Lipinski definition) is 1. The lowest BCUT2D eigenvalue weighted by atomic mass is 10.4. The molecule has 3 nitrogen and oxygen atoms in total. The zero-order valence-corrected chi connectivity index (χ0v) is 8.77. The monoisotopic (exact) mass is 224 g/mol. The lowest BCUT2D eigenvalue weighted by Crippen LogP contribution is -2.47. The van der Waals surface area contributed by atoms with E-state index in [0.717, 1.165) is 4.90 Å². The van der Waals surface area contributed by atoms with Gasteiger partial charge in [0.15, 0.2) is 0 Å². The van der Waals surface area contributed by atoms with Gasteiger partial charge in [0.05, 0.1) is 0 Å². The van der Waals surface area contributed by atoms with E-state index in [-0.39, 0.29) is 12.1 Å². The highest BCUT2D eigenvalue weighted by Crippen LogP contribution is 2.30. The van der Waals surface area contributed by atoms with Crippen LogP contribution in [0.4, 0.5) is 18.0 Å². The molecule has 0 aliphatic heterocycles. The van der Waals surface area contributed by atoms with Crippen LogP contribution in [-0.2, 0) is 0 Å². The molecule has 0 spiro atoms. The first-order chi connectivity index (χ1) is 6.79. The van der Waals surface area contributed by atoms with Crippen molar-refractivity contribution < 1.29 is 18.0 Å². The molecule has 0 aromatic carbocycles. The summed E-state index contributed by atoms with van der Waals surface area (Å²) < 4.78 is 36.5. The van der Waals surface area contributed by atoms with Crippen LogP contribution in [0.5, 0.6) is 0 Å². The van der Waals surface area contributed by atoms with Crippen LogP contribution in [0.2, 0.25) is 0 Å². The average molecular weight is 224 g/mol. The van der Waals surface area contributed by atoms with Gasteiger partial charge in [0.2, 0.25) is 0 Å². The summed E-state index contributed by atoms with van der Waals surface area (Å²) in [7, 11) is 0. The minimum Gasteiger partial charge on any atom is -0.336 e. The first kappa shape index (κ1) is 12.1. The second-order valence-electron chi connectivity index (χ2n) is 4.08. The van der Waals surface area contributed by atoms with Crippen molar-refractivity contribution in [2.75, 3.05) is 6.54 Å². The molecule has 15 heavy (non-hydrogen) atoms. The van der Waals surface area contributed by atoms with Crippen molar-refractivity contribution in [3.8, 4) is 0 Å². The predicted molar refractivity (Wildman–Crippen MR) is 49.5 cm³/mol. The summed E-state index contributed by atoms with van der Waals surface area (Å²) in [6.45, 7) is 2.28.